The smallest absolute Gasteiger partial charge is 0.335 e. The summed E-state index contributed by atoms with van der Waals surface area (Å²) in [7, 11) is 0. The molecule has 0 unspecified atom stereocenters. The highest BCUT2D eigenvalue weighted by Gasteiger charge is 2.18. The number of carboxylic acids is 1. The molecule has 1 rings (SSSR count). The molecule has 1 aromatic carbocycles. The van der Waals surface area contributed by atoms with Crippen LogP contribution in [0.25, 0.3) is 0 Å². The number of nitrogens with zero attached hydrogens (tertiary/aromatic N) is 1. The van der Waals surface area contributed by atoms with Crippen LogP contribution in [-0.4, -0.2) is 28.6 Å². The predicted molar refractivity (Wildman–Crippen MR) is 60.1 cm³/mol. The van der Waals surface area contributed by atoms with Crippen molar-refractivity contribution in [1.82, 2.24) is 0 Å². The topological polar surface area (TPSA) is 107 Å². The molecule has 0 amide bonds. The summed E-state index contributed by atoms with van der Waals surface area (Å²) in [5.74, 6) is -2.03. The van der Waals surface area contributed by atoms with Crippen molar-refractivity contribution >= 4 is 17.6 Å². The molecule has 0 spiro atoms. The fraction of sp³-hybridized carbons (Fsp3) is 0.182. The zero-order valence-corrected chi connectivity index (χ0v) is 9.45. The van der Waals surface area contributed by atoms with Crippen molar-refractivity contribution in [2.45, 2.75) is 6.92 Å². The normalized spacial score (nSPS) is 9.83. The van der Waals surface area contributed by atoms with Crippen LogP contribution >= 0.6 is 0 Å². The number of carbonyl (C=O) groups excluding carboxylic acids is 1. The molecule has 7 nitrogen and oxygen atoms in total. The van der Waals surface area contributed by atoms with Crippen LogP contribution in [0.2, 0.25) is 0 Å². The van der Waals surface area contributed by atoms with Crippen molar-refractivity contribution in [2.24, 2.45) is 0 Å². The highest BCUT2D eigenvalue weighted by atomic mass is 16.6. The van der Waals surface area contributed by atoms with E-state index in [0.29, 0.717) is 0 Å². The van der Waals surface area contributed by atoms with Crippen molar-refractivity contribution in [3.8, 4) is 0 Å². The second-order valence-electron chi connectivity index (χ2n) is 3.23. The van der Waals surface area contributed by atoms with E-state index in [4.69, 9.17) is 5.11 Å². The lowest BCUT2D eigenvalue weighted by molar-refractivity contribution is -0.384. The summed E-state index contributed by atoms with van der Waals surface area (Å²) in [6.45, 7) is 1.73. The van der Waals surface area contributed by atoms with Crippen molar-refractivity contribution in [1.29, 1.82) is 0 Å². The fourth-order valence-corrected chi connectivity index (χ4v) is 1.29. The summed E-state index contributed by atoms with van der Waals surface area (Å²) in [6.07, 6.45) is 0.917. The molecule has 0 aliphatic heterocycles. The van der Waals surface area contributed by atoms with E-state index in [1.54, 1.807) is 6.92 Å². The number of non-ortho nitro benzene ring substituents is 1. The standard InChI is InChI=1S/C11H10NO6/c1-2-18-10(13)6-7-5-8(12(16)17)3-4-9(7)11(14)15/h3-6H,2H2,1H3,(H,14,15). The Labute approximate surface area is 102 Å². The summed E-state index contributed by atoms with van der Waals surface area (Å²) < 4.78 is 4.62. The maximum Gasteiger partial charge on any atom is 0.335 e. The Morgan fingerprint density at radius 3 is 2.67 bits per heavy atom. The quantitative estimate of drug-likeness (QED) is 0.482. The van der Waals surface area contributed by atoms with Crippen LogP contribution in [0, 0.1) is 16.5 Å². The first kappa shape index (κ1) is 13.6. The van der Waals surface area contributed by atoms with Crippen LogP contribution in [0.4, 0.5) is 5.69 Å². The van der Waals surface area contributed by atoms with Crippen LogP contribution in [0.5, 0.6) is 0 Å². The third-order valence-corrected chi connectivity index (χ3v) is 2.04. The third kappa shape index (κ3) is 3.27. The Bertz CT molecular complexity index is 496. The molecule has 0 heterocycles. The van der Waals surface area contributed by atoms with Gasteiger partial charge in [-0.05, 0) is 18.6 Å². The van der Waals surface area contributed by atoms with Crippen molar-refractivity contribution in [3.05, 3.63) is 45.9 Å². The number of hydrogen-bond donors (Lipinski definition) is 1. The minimum Gasteiger partial charge on any atom is -0.478 e. The maximum atomic E-state index is 11.2. The first-order chi connectivity index (χ1) is 8.45. The fourth-order valence-electron chi connectivity index (χ4n) is 1.29. The van der Waals surface area contributed by atoms with Crippen LogP contribution in [0.1, 0.15) is 22.8 Å². The number of nitro benzene ring substituents is 1. The third-order valence-electron chi connectivity index (χ3n) is 2.04. The summed E-state index contributed by atoms with van der Waals surface area (Å²) in [4.78, 5) is 32.0. The molecule has 0 aromatic heterocycles. The number of aromatic carboxylic acids is 1. The van der Waals surface area contributed by atoms with Crippen molar-refractivity contribution in [2.75, 3.05) is 6.61 Å². The number of carbonyl (C=O) groups is 2. The summed E-state index contributed by atoms with van der Waals surface area (Å²) >= 11 is 0. The minimum absolute atomic E-state index is 0.0600. The molecule has 0 bridgehead atoms. The number of rotatable bonds is 5. The highest BCUT2D eigenvalue weighted by molar-refractivity contribution is 5.94. The molecule has 1 aromatic rings. The molecule has 1 N–H and O–H groups in total. The zero-order valence-electron chi connectivity index (χ0n) is 9.45. The maximum absolute atomic E-state index is 11.2. The van der Waals surface area contributed by atoms with Gasteiger partial charge in [0.2, 0.25) is 0 Å². The number of ether oxygens (including phenoxy) is 1. The van der Waals surface area contributed by atoms with Gasteiger partial charge in [0.1, 0.15) is 6.42 Å². The second kappa shape index (κ2) is 5.76. The van der Waals surface area contributed by atoms with Crippen LogP contribution in [-0.2, 0) is 9.53 Å². The monoisotopic (exact) mass is 252 g/mol. The molecule has 0 saturated carbocycles. The molecular weight excluding hydrogens is 242 g/mol. The molecule has 0 saturated heterocycles. The van der Waals surface area contributed by atoms with Gasteiger partial charge in [0.15, 0.2) is 0 Å². The van der Waals surface area contributed by atoms with Crippen LogP contribution in [0.15, 0.2) is 18.2 Å². The SMILES string of the molecule is CCOC(=O)[CH]c1cc([N+](=O)[O-])ccc1C(=O)O. The number of nitro groups is 1. The van der Waals surface area contributed by atoms with Gasteiger partial charge in [0, 0.05) is 12.1 Å². The van der Waals surface area contributed by atoms with Gasteiger partial charge in [-0.2, -0.15) is 0 Å². The highest BCUT2D eigenvalue weighted by Crippen LogP contribution is 2.20. The molecule has 95 valence electrons. The Balaban J connectivity index is 3.11. The minimum atomic E-state index is -1.28. The van der Waals surface area contributed by atoms with Crippen LogP contribution < -0.4 is 0 Å². The summed E-state index contributed by atoms with van der Waals surface area (Å²) in [6, 6.07) is 3.15. The van der Waals surface area contributed by atoms with Crippen molar-refractivity contribution in [3.63, 3.8) is 0 Å². The van der Waals surface area contributed by atoms with E-state index in [1.807, 2.05) is 0 Å². The van der Waals surface area contributed by atoms with E-state index in [9.17, 15) is 19.7 Å². The van der Waals surface area contributed by atoms with Gasteiger partial charge in [0.25, 0.3) is 5.69 Å². The molecule has 7 heteroatoms. The molecule has 0 aliphatic rings. The van der Waals surface area contributed by atoms with E-state index in [1.165, 1.54) is 0 Å². The number of hydrogen-bond acceptors (Lipinski definition) is 5. The van der Waals surface area contributed by atoms with Crippen LogP contribution in [0.3, 0.4) is 0 Å². The van der Waals surface area contributed by atoms with Gasteiger partial charge in [0.05, 0.1) is 17.1 Å². The average molecular weight is 252 g/mol. The summed E-state index contributed by atoms with van der Waals surface area (Å²) in [5, 5.41) is 19.5. The van der Waals surface area contributed by atoms with E-state index >= 15 is 0 Å². The van der Waals surface area contributed by atoms with E-state index in [-0.39, 0.29) is 23.4 Å². The van der Waals surface area contributed by atoms with Gasteiger partial charge < -0.3 is 9.84 Å². The number of carboxylic acid groups (broad SMARTS) is 1. The Morgan fingerprint density at radius 1 is 1.50 bits per heavy atom. The van der Waals surface area contributed by atoms with E-state index in [2.05, 4.69) is 4.74 Å². The lowest BCUT2D eigenvalue weighted by Crippen LogP contribution is -2.10. The molecule has 0 aliphatic carbocycles. The van der Waals surface area contributed by atoms with Gasteiger partial charge in [-0.25, -0.2) is 4.79 Å². The first-order valence-electron chi connectivity index (χ1n) is 4.99. The van der Waals surface area contributed by atoms with E-state index in [0.717, 1.165) is 24.6 Å². The predicted octanol–water partition coefficient (Wildman–Crippen LogP) is 1.41. The van der Waals surface area contributed by atoms with Gasteiger partial charge in [-0.1, -0.05) is 0 Å². The lowest BCUT2D eigenvalue weighted by atomic mass is 10.0. The number of esters is 1. The molecule has 0 fully saturated rings. The molecular formula is C11H10NO6. The Hall–Kier alpha value is -2.44. The Morgan fingerprint density at radius 2 is 2.17 bits per heavy atom. The summed E-state index contributed by atoms with van der Waals surface area (Å²) in [5.41, 5.74) is -0.556. The Kier molecular flexibility index (Phi) is 4.36. The average Bonchev–Trinajstić information content (AvgIpc) is 2.28. The second-order valence-corrected chi connectivity index (χ2v) is 3.23. The van der Waals surface area contributed by atoms with Gasteiger partial charge in [-0.15, -0.1) is 0 Å². The molecule has 1 radical (unpaired) electrons. The lowest BCUT2D eigenvalue weighted by Gasteiger charge is -2.05. The molecule has 0 atom stereocenters. The first-order valence-corrected chi connectivity index (χ1v) is 4.99. The van der Waals surface area contributed by atoms with Crippen molar-refractivity contribution < 1.29 is 24.4 Å². The zero-order chi connectivity index (χ0) is 13.7. The van der Waals surface area contributed by atoms with Gasteiger partial charge in [-0.3, -0.25) is 14.9 Å². The largest absolute Gasteiger partial charge is 0.478 e. The van der Waals surface area contributed by atoms with Gasteiger partial charge >= 0.3 is 11.9 Å². The number of benzene rings is 1. The van der Waals surface area contributed by atoms with E-state index < -0.39 is 16.9 Å². The molecule has 18 heavy (non-hydrogen) atoms.